The molecule has 0 radical (unpaired) electrons. The zero-order valence-corrected chi connectivity index (χ0v) is 11.0. The van der Waals surface area contributed by atoms with Gasteiger partial charge in [-0.2, -0.15) is 0 Å². The minimum Gasteiger partial charge on any atom is -0.383 e. The van der Waals surface area contributed by atoms with E-state index in [1.807, 2.05) is 6.07 Å². The fraction of sp³-hybridized carbons (Fsp3) is 0.538. The molecule has 1 amide bonds. The number of nitrogens with zero attached hydrogens (tertiary/aromatic N) is 1. The summed E-state index contributed by atoms with van der Waals surface area (Å²) in [5.74, 6) is 0.677. The zero-order chi connectivity index (χ0) is 13.2. The van der Waals surface area contributed by atoms with Gasteiger partial charge in [-0.05, 0) is 18.6 Å². The fourth-order valence-electron chi connectivity index (χ4n) is 1.39. The van der Waals surface area contributed by atoms with E-state index >= 15 is 0 Å². The molecule has 5 heteroatoms. The Bertz CT molecular complexity index is 352. The van der Waals surface area contributed by atoms with E-state index in [0.717, 1.165) is 25.2 Å². The second-order valence-electron chi connectivity index (χ2n) is 3.96. The summed E-state index contributed by atoms with van der Waals surface area (Å²) in [4.78, 5) is 15.9. The number of anilines is 1. The van der Waals surface area contributed by atoms with Crippen molar-refractivity contribution in [2.75, 3.05) is 32.1 Å². The molecule has 18 heavy (non-hydrogen) atoms. The summed E-state index contributed by atoms with van der Waals surface area (Å²) >= 11 is 0. The van der Waals surface area contributed by atoms with Crippen LogP contribution in [0.1, 0.15) is 30.1 Å². The maximum absolute atomic E-state index is 11.7. The predicted molar refractivity (Wildman–Crippen MR) is 71.8 cm³/mol. The number of rotatable bonds is 8. The molecule has 0 aromatic carbocycles. The first kappa shape index (κ1) is 14.4. The lowest BCUT2D eigenvalue weighted by atomic mass is 10.2. The minimum absolute atomic E-state index is 0.125. The Balaban J connectivity index is 2.41. The van der Waals surface area contributed by atoms with E-state index in [-0.39, 0.29) is 5.91 Å². The van der Waals surface area contributed by atoms with Crippen LogP contribution in [0.3, 0.4) is 0 Å². The molecule has 0 atom stereocenters. The Labute approximate surface area is 108 Å². The molecule has 1 heterocycles. The van der Waals surface area contributed by atoms with E-state index in [1.54, 1.807) is 19.4 Å². The highest BCUT2D eigenvalue weighted by Gasteiger charge is 2.04. The van der Waals surface area contributed by atoms with Gasteiger partial charge in [-0.1, -0.05) is 13.3 Å². The van der Waals surface area contributed by atoms with Gasteiger partial charge >= 0.3 is 0 Å². The molecule has 0 aliphatic rings. The van der Waals surface area contributed by atoms with E-state index in [1.165, 1.54) is 0 Å². The van der Waals surface area contributed by atoms with Crippen molar-refractivity contribution < 1.29 is 9.53 Å². The average Bonchev–Trinajstić information content (AvgIpc) is 2.40. The van der Waals surface area contributed by atoms with E-state index in [2.05, 4.69) is 22.5 Å². The third-order valence-corrected chi connectivity index (χ3v) is 2.45. The summed E-state index contributed by atoms with van der Waals surface area (Å²) < 4.78 is 4.86. The van der Waals surface area contributed by atoms with Gasteiger partial charge in [0.2, 0.25) is 0 Å². The molecule has 0 bridgehead atoms. The van der Waals surface area contributed by atoms with Crippen LogP contribution < -0.4 is 10.6 Å². The second kappa shape index (κ2) is 8.47. The van der Waals surface area contributed by atoms with Gasteiger partial charge in [0.15, 0.2) is 0 Å². The largest absolute Gasteiger partial charge is 0.383 e. The number of unbranched alkanes of at least 4 members (excludes halogenated alkanes) is 1. The van der Waals surface area contributed by atoms with Gasteiger partial charge in [0.05, 0.1) is 12.2 Å². The Hall–Kier alpha value is -1.62. The summed E-state index contributed by atoms with van der Waals surface area (Å²) in [6.07, 6.45) is 3.84. The Morgan fingerprint density at radius 2 is 2.22 bits per heavy atom. The van der Waals surface area contributed by atoms with Crippen LogP contribution in [0.5, 0.6) is 0 Å². The smallest absolute Gasteiger partial charge is 0.252 e. The van der Waals surface area contributed by atoms with E-state index < -0.39 is 0 Å². The van der Waals surface area contributed by atoms with Crippen LogP contribution in [0, 0.1) is 0 Å². The van der Waals surface area contributed by atoms with E-state index in [9.17, 15) is 4.79 Å². The molecule has 2 N–H and O–H groups in total. The highest BCUT2D eigenvalue weighted by molar-refractivity contribution is 5.94. The lowest BCUT2D eigenvalue weighted by Gasteiger charge is -2.06. The summed E-state index contributed by atoms with van der Waals surface area (Å²) in [6, 6.07) is 3.59. The number of amides is 1. The van der Waals surface area contributed by atoms with Crippen molar-refractivity contribution in [2.24, 2.45) is 0 Å². The van der Waals surface area contributed by atoms with Crippen LogP contribution in [0.2, 0.25) is 0 Å². The Kier molecular flexibility index (Phi) is 6.79. The third-order valence-electron chi connectivity index (χ3n) is 2.45. The van der Waals surface area contributed by atoms with Gasteiger partial charge < -0.3 is 15.4 Å². The molecule has 5 nitrogen and oxygen atoms in total. The van der Waals surface area contributed by atoms with Crippen LogP contribution in [0.25, 0.3) is 0 Å². The maximum atomic E-state index is 11.7. The number of aromatic nitrogens is 1. The second-order valence-corrected chi connectivity index (χ2v) is 3.96. The van der Waals surface area contributed by atoms with Crippen LogP contribution >= 0.6 is 0 Å². The number of pyridine rings is 1. The van der Waals surface area contributed by atoms with Crippen molar-refractivity contribution in [1.82, 2.24) is 10.3 Å². The Morgan fingerprint density at radius 3 is 2.83 bits per heavy atom. The van der Waals surface area contributed by atoms with Crippen LogP contribution in [-0.4, -0.2) is 37.7 Å². The van der Waals surface area contributed by atoms with Crippen LogP contribution in [0.4, 0.5) is 5.82 Å². The molecule has 0 aliphatic heterocycles. The molecule has 0 aliphatic carbocycles. The summed E-state index contributed by atoms with van der Waals surface area (Å²) in [5, 5.41) is 5.95. The molecule has 1 aromatic heterocycles. The van der Waals surface area contributed by atoms with Gasteiger partial charge in [0, 0.05) is 26.4 Å². The normalized spacial score (nSPS) is 10.1. The highest BCUT2D eigenvalue weighted by Crippen LogP contribution is 2.05. The van der Waals surface area contributed by atoms with Crippen molar-refractivity contribution in [1.29, 1.82) is 0 Å². The Morgan fingerprint density at radius 1 is 1.39 bits per heavy atom. The van der Waals surface area contributed by atoms with Gasteiger partial charge in [0.25, 0.3) is 5.91 Å². The van der Waals surface area contributed by atoms with Gasteiger partial charge in [-0.3, -0.25) is 4.79 Å². The minimum atomic E-state index is -0.125. The lowest BCUT2D eigenvalue weighted by Crippen LogP contribution is -2.27. The molecule has 0 saturated carbocycles. The summed E-state index contributed by atoms with van der Waals surface area (Å²) in [7, 11) is 1.60. The first-order valence-corrected chi connectivity index (χ1v) is 6.25. The number of methoxy groups -OCH3 is 1. The topological polar surface area (TPSA) is 63.2 Å². The molecular weight excluding hydrogens is 230 g/mol. The summed E-state index contributed by atoms with van der Waals surface area (Å²) in [5.41, 5.74) is 0.562. The van der Waals surface area contributed by atoms with Crippen LogP contribution in [-0.2, 0) is 4.74 Å². The SMILES string of the molecule is CCCCNc1ccc(C(=O)NCCOC)cn1. The standard InChI is InChI=1S/C13H21N3O2/c1-3-4-7-14-12-6-5-11(10-16-12)13(17)15-8-9-18-2/h5-6,10H,3-4,7-9H2,1-2H3,(H,14,16)(H,15,17). The molecule has 100 valence electrons. The molecular formula is C13H21N3O2. The van der Waals surface area contributed by atoms with Crippen molar-refractivity contribution in [3.05, 3.63) is 23.9 Å². The molecule has 1 aromatic rings. The zero-order valence-electron chi connectivity index (χ0n) is 11.0. The number of carbonyl (C=O) groups excluding carboxylic acids is 1. The monoisotopic (exact) mass is 251 g/mol. The molecule has 0 spiro atoms. The number of carbonyl (C=O) groups is 1. The third kappa shape index (κ3) is 5.14. The lowest BCUT2D eigenvalue weighted by molar-refractivity contribution is 0.0937. The predicted octanol–water partition coefficient (Wildman–Crippen LogP) is 1.67. The fourth-order valence-corrected chi connectivity index (χ4v) is 1.39. The first-order valence-electron chi connectivity index (χ1n) is 6.25. The number of hydrogen-bond acceptors (Lipinski definition) is 4. The molecule has 0 unspecified atom stereocenters. The van der Waals surface area contributed by atoms with Gasteiger partial charge in [-0.15, -0.1) is 0 Å². The average molecular weight is 251 g/mol. The molecule has 0 fully saturated rings. The number of hydrogen-bond donors (Lipinski definition) is 2. The maximum Gasteiger partial charge on any atom is 0.252 e. The van der Waals surface area contributed by atoms with Crippen molar-refractivity contribution in [2.45, 2.75) is 19.8 Å². The molecule has 0 saturated heterocycles. The van der Waals surface area contributed by atoms with E-state index in [0.29, 0.717) is 18.7 Å². The number of ether oxygens (including phenoxy) is 1. The van der Waals surface area contributed by atoms with Crippen molar-refractivity contribution in [3.8, 4) is 0 Å². The van der Waals surface area contributed by atoms with Crippen molar-refractivity contribution in [3.63, 3.8) is 0 Å². The highest BCUT2D eigenvalue weighted by atomic mass is 16.5. The van der Waals surface area contributed by atoms with Crippen molar-refractivity contribution >= 4 is 11.7 Å². The quantitative estimate of drug-likeness (QED) is 0.690. The molecule has 1 rings (SSSR count). The van der Waals surface area contributed by atoms with Crippen LogP contribution in [0.15, 0.2) is 18.3 Å². The number of nitrogens with one attached hydrogen (secondary N) is 2. The first-order chi connectivity index (χ1) is 8.77. The summed E-state index contributed by atoms with van der Waals surface area (Å²) in [6.45, 7) is 4.06. The van der Waals surface area contributed by atoms with Gasteiger partial charge in [0.1, 0.15) is 5.82 Å². The van der Waals surface area contributed by atoms with Gasteiger partial charge in [-0.25, -0.2) is 4.98 Å². The van der Waals surface area contributed by atoms with E-state index in [4.69, 9.17) is 4.74 Å².